The van der Waals surface area contributed by atoms with E-state index >= 15 is 0 Å². The zero-order chi connectivity index (χ0) is 7.68. The lowest BCUT2D eigenvalue weighted by atomic mass is 10.2. The largest absolute Gasteiger partial charge is 0.159 e. The van der Waals surface area contributed by atoms with Crippen LogP contribution >= 0.6 is 0 Å². The van der Waals surface area contributed by atoms with E-state index in [1.54, 1.807) is 10.8 Å². The first-order chi connectivity index (χ1) is 5.42. The first-order valence-corrected chi connectivity index (χ1v) is 3.69. The van der Waals surface area contributed by atoms with Crippen LogP contribution < -0.4 is 0 Å². The molecule has 2 aromatic rings. The maximum absolute atomic E-state index is 4.10. The second kappa shape index (κ2) is 2.34. The van der Waals surface area contributed by atoms with Crippen molar-refractivity contribution >= 4 is 5.52 Å². The first kappa shape index (κ1) is 6.34. The molecular formula is C8H9N3. The van der Waals surface area contributed by atoms with E-state index in [4.69, 9.17) is 0 Å². The topological polar surface area (TPSA) is 30.2 Å². The van der Waals surface area contributed by atoms with Gasteiger partial charge < -0.3 is 0 Å². The second-order valence-electron chi connectivity index (χ2n) is 2.42. The number of hydrogen-bond acceptors (Lipinski definition) is 2. The smallest absolute Gasteiger partial charge is 0.0905 e. The molecule has 0 fully saturated rings. The molecule has 3 nitrogen and oxygen atoms in total. The van der Waals surface area contributed by atoms with Gasteiger partial charge in [-0.25, -0.2) is 0 Å². The molecule has 56 valence electrons. The van der Waals surface area contributed by atoms with Crippen molar-refractivity contribution in [3.05, 3.63) is 30.1 Å². The number of nitrogens with zero attached hydrogens (tertiary/aromatic N) is 3. The zero-order valence-electron chi connectivity index (χ0n) is 6.36. The highest BCUT2D eigenvalue weighted by atomic mass is 15.4. The van der Waals surface area contributed by atoms with Crippen LogP contribution in [0.3, 0.4) is 0 Å². The molecule has 0 N–H and O–H groups in total. The van der Waals surface area contributed by atoms with E-state index in [1.807, 2.05) is 18.3 Å². The highest BCUT2D eigenvalue weighted by molar-refractivity contribution is 5.51. The van der Waals surface area contributed by atoms with Crippen molar-refractivity contribution in [1.29, 1.82) is 0 Å². The Kier molecular flexibility index (Phi) is 1.35. The second-order valence-corrected chi connectivity index (χ2v) is 2.42. The molecule has 3 heteroatoms. The van der Waals surface area contributed by atoms with Gasteiger partial charge >= 0.3 is 0 Å². The van der Waals surface area contributed by atoms with Crippen molar-refractivity contribution in [3.8, 4) is 0 Å². The van der Waals surface area contributed by atoms with Gasteiger partial charge in [-0.05, 0) is 24.1 Å². The SMILES string of the molecule is CCc1cnn2ncccc12. The molecule has 11 heavy (non-hydrogen) atoms. The molecule has 0 bridgehead atoms. The number of fused-ring (bicyclic) bond motifs is 1. The summed E-state index contributed by atoms with van der Waals surface area (Å²) in [6.45, 7) is 2.12. The Hall–Kier alpha value is -1.38. The third-order valence-electron chi connectivity index (χ3n) is 1.76. The van der Waals surface area contributed by atoms with Gasteiger partial charge in [0.05, 0.1) is 11.7 Å². The molecule has 0 aromatic carbocycles. The molecule has 0 radical (unpaired) electrons. The molecule has 0 saturated carbocycles. The molecule has 2 heterocycles. The Balaban J connectivity index is 2.76. The van der Waals surface area contributed by atoms with Crippen molar-refractivity contribution in [1.82, 2.24) is 14.8 Å². The third-order valence-corrected chi connectivity index (χ3v) is 1.76. The third kappa shape index (κ3) is 0.888. The molecule has 0 unspecified atom stereocenters. The van der Waals surface area contributed by atoms with Crippen molar-refractivity contribution < 1.29 is 0 Å². The monoisotopic (exact) mass is 147 g/mol. The number of aryl methyl sites for hydroxylation is 1. The standard InChI is InChI=1S/C8H9N3/c1-2-7-6-10-11-8(7)4-3-5-9-11/h3-6H,2H2,1H3. The minimum Gasteiger partial charge on any atom is -0.159 e. The Bertz CT molecular complexity index is 364. The highest BCUT2D eigenvalue weighted by Crippen LogP contribution is 2.07. The summed E-state index contributed by atoms with van der Waals surface area (Å²) < 4.78 is 1.65. The van der Waals surface area contributed by atoms with Crippen molar-refractivity contribution in [2.75, 3.05) is 0 Å². The summed E-state index contributed by atoms with van der Waals surface area (Å²) in [5, 5.41) is 8.15. The van der Waals surface area contributed by atoms with E-state index in [9.17, 15) is 0 Å². The maximum atomic E-state index is 4.10. The fourth-order valence-corrected chi connectivity index (χ4v) is 1.16. The van der Waals surface area contributed by atoms with Crippen LogP contribution in [0.2, 0.25) is 0 Å². The average Bonchev–Trinajstić information content (AvgIpc) is 2.47. The quantitative estimate of drug-likeness (QED) is 0.608. The van der Waals surface area contributed by atoms with Crippen LogP contribution in [0.15, 0.2) is 24.5 Å². The van der Waals surface area contributed by atoms with E-state index in [-0.39, 0.29) is 0 Å². The average molecular weight is 147 g/mol. The molecule has 0 spiro atoms. The summed E-state index contributed by atoms with van der Waals surface area (Å²) >= 11 is 0. The van der Waals surface area contributed by atoms with Gasteiger partial charge in [-0.15, -0.1) is 0 Å². The van der Waals surface area contributed by atoms with Crippen LogP contribution in [-0.2, 0) is 6.42 Å². The summed E-state index contributed by atoms with van der Waals surface area (Å²) in [4.78, 5) is 0. The van der Waals surface area contributed by atoms with Crippen molar-refractivity contribution in [2.24, 2.45) is 0 Å². The predicted molar refractivity (Wildman–Crippen MR) is 42.4 cm³/mol. The lowest BCUT2D eigenvalue weighted by molar-refractivity contribution is 0.800. The zero-order valence-corrected chi connectivity index (χ0v) is 6.36. The van der Waals surface area contributed by atoms with E-state index < -0.39 is 0 Å². The van der Waals surface area contributed by atoms with Crippen LogP contribution in [-0.4, -0.2) is 14.8 Å². The van der Waals surface area contributed by atoms with Gasteiger partial charge in [0.2, 0.25) is 0 Å². The Morgan fingerprint density at radius 1 is 1.45 bits per heavy atom. The molecule has 0 aliphatic rings. The van der Waals surface area contributed by atoms with Crippen LogP contribution in [0.25, 0.3) is 5.52 Å². The summed E-state index contributed by atoms with van der Waals surface area (Å²) in [7, 11) is 0. The summed E-state index contributed by atoms with van der Waals surface area (Å²) in [5.74, 6) is 0. The molecule has 0 amide bonds. The number of rotatable bonds is 1. The lowest BCUT2D eigenvalue weighted by Gasteiger charge is -1.90. The molecule has 0 aliphatic carbocycles. The highest BCUT2D eigenvalue weighted by Gasteiger charge is 1.99. The lowest BCUT2D eigenvalue weighted by Crippen LogP contribution is -1.90. The maximum Gasteiger partial charge on any atom is 0.0905 e. The molecular weight excluding hydrogens is 138 g/mol. The van der Waals surface area contributed by atoms with Crippen molar-refractivity contribution in [3.63, 3.8) is 0 Å². The Labute approximate surface area is 64.7 Å². The van der Waals surface area contributed by atoms with Crippen LogP contribution in [0.4, 0.5) is 0 Å². The van der Waals surface area contributed by atoms with E-state index in [0.717, 1.165) is 11.9 Å². The minimum absolute atomic E-state index is 1.01. The number of hydrogen-bond donors (Lipinski definition) is 0. The Morgan fingerprint density at radius 2 is 2.36 bits per heavy atom. The summed E-state index contributed by atoms with van der Waals surface area (Å²) in [6.07, 6.45) is 4.61. The fraction of sp³-hybridized carbons (Fsp3) is 0.250. The summed E-state index contributed by atoms with van der Waals surface area (Å²) in [5.41, 5.74) is 2.35. The number of aromatic nitrogens is 3. The van der Waals surface area contributed by atoms with Crippen LogP contribution in [0, 0.1) is 0 Å². The van der Waals surface area contributed by atoms with Gasteiger partial charge in [0.25, 0.3) is 0 Å². The van der Waals surface area contributed by atoms with E-state index in [0.29, 0.717) is 0 Å². The summed E-state index contributed by atoms with van der Waals surface area (Å²) in [6, 6.07) is 3.95. The minimum atomic E-state index is 1.01. The van der Waals surface area contributed by atoms with Crippen molar-refractivity contribution in [2.45, 2.75) is 13.3 Å². The van der Waals surface area contributed by atoms with Gasteiger partial charge in [0.15, 0.2) is 0 Å². The molecule has 0 saturated heterocycles. The Morgan fingerprint density at radius 3 is 3.18 bits per heavy atom. The van der Waals surface area contributed by atoms with Gasteiger partial charge in [0, 0.05) is 6.20 Å². The van der Waals surface area contributed by atoms with Gasteiger partial charge in [-0.3, -0.25) is 0 Å². The van der Waals surface area contributed by atoms with Gasteiger partial charge in [-0.2, -0.15) is 14.8 Å². The molecule has 0 atom stereocenters. The van der Waals surface area contributed by atoms with E-state index in [2.05, 4.69) is 17.1 Å². The normalized spacial score (nSPS) is 10.6. The first-order valence-electron chi connectivity index (χ1n) is 3.69. The van der Waals surface area contributed by atoms with E-state index in [1.165, 1.54) is 5.56 Å². The van der Waals surface area contributed by atoms with Gasteiger partial charge in [-0.1, -0.05) is 6.92 Å². The van der Waals surface area contributed by atoms with Gasteiger partial charge in [0.1, 0.15) is 0 Å². The van der Waals surface area contributed by atoms with Crippen LogP contribution in [0.1, 0.15) is 12.5 Å². The molecule has 0 aliphatic heterocycles. The molecule has 2 rings (SSSR count). The molecule has 2 aromatic heterocycles. The van der Waals surface area contributed by atoms with Crippen LogP contribution in [0.5, 0.6) is 0 Å². The fourth-order valence-electron chi connectivity index (χ4n) is 1.16. The predicted octanol–water partition coefficient (Wildman–Crippen LogP) is 1.29.